The third kappa shape index (κ3) is 6.38. The molecular formula is C24H18ClN5O7. The lowest BCUT2D eigenvalue weighted by Crippen LogP contribution is -2.14. The fourth-order valence-corrected chi connectivity index (χ4v) is 3.40. The molecule has 0 radical (unpaired) electrons. The van der Waals surface area contributed by atoms with Crippen molar-refractivity contribution in [1.82, 2.24) is 9.78 Å². The summed E-state index contributed by atoms with van der Waals surface area (Å²) in [6, 6.07) is 16.2. The highest BCUT2D eigenvalue weighted by Crippen LogP contribution is 2.31. The van der Waals surface area contributed by atoms with Crippen LogP contribution in [0.4, 0.5) is 17.1 Å². The van der Waals surface area contributed by atoms with Crippen molar-refractivity contribution in [3.8, 4) is 17.2 Å². The van der Waals surface area contributed by atoms with Gasteiger partial charge < -0.3 is 14.8 Å². The average Bonchev–Trinajstić information content (AvgIpc) is 3.34. The first-order valence-electron chi connectivity index (χ1n) is 10.6. The Morgan fingerprint density at radius 2 is 1.70 bits per heavy atom. The number of nitrogens with one attached hydrogen (secondary N) is 1. The highest BCUT2D eigenvalue weighted by molar-refractivity contribution is 6.32. The third-order valence-electron chi connectivity index (χ3n) is 4.97. The van der Waals surface area contributed by atoms with Gasteiger partial charge in [0.25, 0.3) is 17.3 Å². The maximum absolute atomic E-state index is 12.7. The second kappa shape index (κ2) is 10.7. The van der Waals surface area contributed by atoms with Crippen LogP contribution in [0.3, 0.4) is 0 Å². The molecule has 1 amide bonds. The minimum absolute atomic E-state index is 0.0194. The molecule has 0 saturated carbocycles. The molecule has 0 spiro atoms. The van der Waals surface area contributed by atoms with Gasteiger partial charge in [-0.2, -0.15) is 5.10 Å². The van der Waals surface area contributed by atoms with E-state index in [0.717, 1.165) is 11.6 Å². The molecule has 1 N–H and O–H groups in total. The van der Waals surface area contributed by atoms with Crippen LogP contribution in [0.2, 0.25) is 5.02 Å². The van der Waals surface area contributed by atoms with Gasteiger partial charge in [-0.3, -0.25) is 25.0 Å². The zero-order valence-corrected chi connectivity index (χ0v) is 19.9. The zero-order chi connectivity index (χ0) is 26.5. The van der Waals surface area contributed by atoms with Crippen LogP contribution < -0.4 is 14.8 Å². The maximum atomic E-state index is 12.7. The Morgan fingerprint density at radius 1 is 0.973 bits per heavy atom. The van der Waals surface area contributed by atoms with Crippen molar-refractivity contribution >= 4 is 34.6 Å². The average molecular weight is 524 g/mol. The van der Waals surface area contributed by atoms with Gasteiger partial charge in [-0.05, 0) is 31.2 Å². The SMILES string of the molecule is Cc1ccc(Oc2cc(NC(=O)c3ccn(COc4ccc([N+](=O)[O-])cc4Cl)n3)cc([N+](=O)[O-])c2)cc1. The minimum Gasteiger partial charge on any atom is -0.470 e. The minimum atomic E-state index is -0.617. The molecule has 13 heteroatoms. The molecule has 0 aliphatic heterocycles. The molecule has 0 unspecified atom stereocenters. The van der Waals surface area contributed by atoms with Gasteiger partial charge in [0, 0.05) is 30.5 Å². The lowest BCUT2D eigenvalue weighted by molar-refractivity contribution is -0.385. The number of non-ortho nitro benzene ring substituents is 2. The Labute approximate surface area is 214 Å². The van der Waals surface area contributed by atoms with Crippen LogP contribution in [0.5, 0.6) is 17.2 Å². The molecule has 4 rings (SSSR count). The summed E-state index contributed by atoms with van der Waals surface area (Å²) in [4.78, 5) is 33.8. The number of hydrogen-bond acceptors (Lipinski definition) is 8. The van der Waals surface area contributed by atoms with Gasteiger partial charge >= 0.3 is 0 Å². The number of nitrogens with zero attached hydrogens (tertiary/aromatic N) is 4. The van der Waals surface area contributed by atoms with E-state index in [1.54, 1.807) is 12.1 Å². The summed E-state index contributed by atoms with van der Waals surface area (Å²) in [5.41, 5.74) is 0.749. The molecule has 0 bridgehead atoms. The first kappa shape index (κ1) is 25.1. The van der Waals surface area contributed by atoms with Crippen LogP contribution in [0.1, 0.15) is 16.1 Å². The van der Waals surface area contributed by atoms with Crippen molar-refractivity contribution in [1.29, 1.82) is 0 Å². The summed E-state index contributed by atoms with van der Waals surface area (Å²) in [5, 5.41) is 29.0. The molecule has 4 aromatic rings. The lowest BCUT2D eigenvalue weighted by Gasteiger charge is -2.09. The van der Waals surface area contributed by atoms with E-state index in [1.807, 2.05) is 19.1 Å². The Morgan fingerprint density at radius 3 is 2.38 bits per heavy atom. The molecule has 0 aliphatic carbocycles. The number of halogens is 1. The highest BCUT2D eigenvalue weighted by atomic mass is 35.5. The fourth-order valence-electron chi connectivity index (χ4n) is 3.17. The maximum Gasteiger partial charge on any atom is 0.276 e. The van der Waals surface area contributed by atoms with E-state index in [9.17, 15) is 25.0 Å². The smallest absolute Gasteiger partial charge is 0.276 e. The van der Waals surface area contributed by atoms with Crippen LogP contribution in [0.25, 0.3) is 0 Å². The number of aromatic nitrogens is 2. The number of amides is 1. The molecular weight excluding hydrogens is 506 g/mol. The van der Waals surface area contributed by atoms with Gasteiger partial charge in [0.15, 0.2) is 12.4 Å². The van der Waals surface area contributed by atoms with Gasteiger partial charge in [0.1, 0.15) is 17.2 Å². The van der Waals surface area contributed by atoms with Crippen molar-refractivity contribution in [2.75, 3.05) is 5.32 Å². The van der Waals surface area contributed by atoms with Crippen molar-refractivity contribution in [3.63, 3.8) is 0 Å². The standard InChI is InChI=1S/C24H18ClN5O7/c1-15-2-5-19(6-3-15)37-20-11-16(10-18(12-20)30(34)35)26-24(31)22-8-9-28(27-22)14-36-23-7-4-17(29(32)33)13-21(23)25/h2-13H,14H2,1H3,(H,26,31). The molecule has 37 heavy (non-hydrogen) atoms. The lowest BCUT2D eigenvalue weighted by atomic mass is 10.2. The van der Waals surface area contributed by atoms with E-state index in [0.29, 0.717) is 5.75 Å². The predicted octanol–water partition coefficient (Wildman–Crippen LogP) is 5.74. The molecule has 0 saturated heterocycles. The number of ether oxygens (including phenoxy) is 2. The summed E-state index contributed by atoms with van der Waals surface area (Å²) in [6.45, 7) is 1.79. The van der Waals surface area contributed by atoms with Crippen molar-refractivity contribution in [2.45, 2.75) is 13.7 Å². The van der Waals surface area contributed by atoms with Crippen LogP contribution in [0.15, 0.2) is 72.9 Å². The zero-order valence-electron chi connectivity index (χ0n) is 19.2. The molecule has 1 aromatic heterocycles. The van der Waals surface area contributed by atoms with Gasteiger partial charge in [0.2, 0.25) is 0 Å². The van der Waals surface area contributed by atoms with Gasteiger partial charge in [-0.15, -0.1) is 0 Å². The first-order valence-corrected chi connectivity index (χ1v) is 11.0. The van der Waals surface area contributed by atoms with Gasteiger partial charge in [0.05, 0.1) is 26.6 Å². The Bertz CT molecular complexity index is 1490. The van der Waals surface area contributed by atoms with E-state index >= 15 is 0 Å². The molecule has 12 nitrogen and oxygen atoms in total. The van der Waals surface area contributed by atoms with Crippen molar-refractivity contribution < 1.29 is 24.1 Å². The van der Waals surface area contributed by atoms with E-state index in [4.69, 9.17) is 21.1 Å². The Hall–Kier alpha value is -4.97. The Kier molecular flexibility index (Phi) is 7.30. The normalized spacial score (nSPS) is 10.5. The van der Waals surface area contributed by atoms with E-state index in [1.165, 1.54) is 47.3 Å². The fraction of sp³-hybridized carbons (Fsp3) is 0.0833. The number of carbonyl (C=O) groups excluding carboxylic acids is 1. The number of aryl methyl sites for hydroxylation is 1. The molecule has 0 atom stereocenters. The van der Waals surface area contributed by atoms with Crippen LogP contribution >= 0.6 is 11.6 Å². The van der Waals surface area contributed by atoms with Crippen LogP contribution in [0, 0.1) is 27.2 Å². The van der Waals surface area contributed by atoms with Gasteiger partial charge in [-0.1, -0.05) is 29.3 Å². The number of anilines is 1. The Balaban J connectivity index is 1.44. The van der Waals surface area contributed by atoms with Crippen molar-refractivity contribution in [2.24, 2.45) is 0 Å². The number of carbonyl (C=O) groups is 1. The van der Waals surface area contributed by atoms with Crippen LogP contribution in [-0.4, -0.2) is 25.5 Å². The second-order valence-electron chi connectivity index (χ2n) is 7.73. The van der Waals surface area contributed by atoms with Crippen molar-refractivity contribution in [3.05, 3.63) is 109 Å². The van der Waals surface area contributed by atoms with E-state index < -0.39 is 15.8 Å². The first-order chi connectivity index (χ1) is 17.7. The summed E-state index contributed by atoms with van der Waals surface area (Å²) in [7, 11) is 0. The van der Waals surface area contributed by atoms with Crippen LogP contribution in [-0.2, 0) is 6.73 Å². The number of rotatable bonds is 9. The largest absolute Gasteiger partial charge is 0.470 e. The summed E-state index contributed by atoms with van der Waals surface area (Å²) in [5.74, 6) is 0.239. The third-order valence-corrected chi connectivity index (χ3v) is 5.26. The molecule has 188 valence electrons. The molecule has 3 aromatic carbocycles. The number of benzene rings is 3. The topological polar surface area (TPSA) is 152 Å². The quantitative estimate of drug-likeness (QED) is 0.215. The number of hydrogen-bond donors (Lipinski definition) is 1. The monoisotopic (exact) mass is 523 g/mol. The van der Waals surface area contributed by atoms with E-state index in [-0.39, 0.29) is 46.0 Å². The molecule has 1 heterocycles. The second-order valence-corrected chi connectivity index (χ2v) is 8.13. The molecule has 0 aliphatic rings. The number of nitro groups is 2. The number of nitro benzene ring substituents is 2. The van der Waals surface area contributed by atoms with E-state index in [2.05, 4.69) is 10.4 Å². The predicted molar refractivity (Wildman–Crippen MR) is 133 cm³/mol. The summed E-state index contributed by atoms with van der Waals surface area (Å²) >= 11 is 6.01. The van der Waals surface area contributed by atoms with Gasteiger partial charge in [-0.25, -0.2) is 4.68 Å². The highest BCUT2D eigenvalue weighted by Gasteiger charge is 2.16. The molecule has 0 fully saturated rings. The summed E-state index contributed by atoms with van der Waals surface area (Å²) in [6.07, 6.45) is 1.48. The summed E-state index contributed by atoms with van der Waals surface area (Å²) < 4.78 is 12.5.